The van der Waals surface area contributed by atoms with Gasteiger partial charge in [0.2, 0.25) is 11.8 Å². The molecule has 0 radical (unpaired) electrons. The quantitative estimate of drug-likeness (QED) is 0.791. The molecule has 0 spiro atoms. The average molecular weight is 239 g/mol. The van der Waals surface area contributed by atoms with Crippen molar-refractivity contribution in [3.63, 3.8) is 0 Å². The summed E-state index contributed by atoms with van der Waals surface area (Å²) >= 11 is 0. The van der Waals surface area contributed by atoms with E-state index in [0.717, 1.165) is 12.1 Å². The van der Waals surface area contributed by atoms with Gasteiger partial charge in [0, 0.05) is 18.3 Å². The summed E-state index contributed by atoms with van der Waals surface area (Å²) in [4.78, 5) is 8.45. The van der Waals surface area contributed by atoms with Gasteiger partial charge in [-0.1, -0.05) is 6.92 Å². The third-order valence-electron chi connectivity index (χ3n) is 1.96. The number of aromatic nitrogens is 2. The van der Waals surface area contributed by atoms with Gasteiger partial charge in [0.25, 0.3) is 0 Å². The number of aryl methyl sites for hydroxylation is 1. The van der Waals surface area contributed by atoms with Crippen molar-refractivity contribution in [1.82, 2.24) is 9.97 Å². The van der Waals surface area contributed by atoms with Crippen molar-refractivity contribution in [3.8, 4) is 5.88 Å². The van der Waals surface area contributed by atoms with Gasteiger partial charge in [0.1, 0.15) is 0 Å². The van der Waals surface area contributed by atoms with E-state index in [1.807, 2.05) is 13.8 Å². The van der Waals surface area contributed by atoms with Crippen LogP contribution >= 0.6 is 0 Å². The van der Waals surface area contributed by atoms with Crippen molar-refractivity contribution in [3.05, 3.63) is 11.8 Å². The number of hydrogen-bond donors (Lipinski definition) is 2. The van der Waals surface area contributed by atoms with Crippen molar-refractivity contribution < 1.29 is 9.84 Å². The van der Waals surface area contributed by atoms with Crippen LogP contribution in [0, 0.1) is 6.92 Å². The summed E-state index contributed by atoms with van der Waals surface area (Å²) in [5, 5.41) is 12.6. The first-order valence-corrected chi connectivity index (χ1v) is 5.85. The molecule has 17 heavy (non-hydrogen) atoms. The van der Waals surface area contributed by atoms with E-state index in [-0.39, 0.29) is 0 Å². The molecule has 0 saturated heterocycles. The molecule has 0 bridgehead atoms. The van der Waals surface area contributed by atoms with E-state index >= 15 is 0 Å². The van der Waals surface area contributed by atoms with Gasteiger partial charge in [0.15, 0.2) is 0 Å². The first-order valence-electron chi connectivity index (χ1n) is 5.85. The lowest BCUT2D eigenvalue weighted by Crippen LogP contribution is -2.30. The summed E-state index contributed by atoms with van der Waals surface area (Å²) in [6, 6.07) is 1.80. The molecule has 0 saturated carbocycles. The Labute approximate surface area is 102 Å². The second kappa shape index (κ2) is 5.82. The van der Waals surface area contributed by atoms with Crippen LogP contribution in [0.3, 0.4) is 0 Å². The highest BCUT2D eigenvalue weighted by molar-refractivity contribution is 5.30. The van der Waals surface area contributed by atoms with E-state index in [0.29, 0.717) is 25.0 Å². The van der Waals surface area contributed by atoms with Gasteiger partial charge in [-0.15, -0.1) is 0 Å². The molecule has 0 amide bonds. The minimum absolute atomic E-state index is 0.393. The highest BCUT2D eigenvalue weighted by Crippen LogP contribution is 2.13. The van der Waals surface area contributed by atoms with Crippen molar-refractivity contribution >= 4 is 5.95 Å². The number of nitrogens with zero attached hydrogens (tertiary/aromatic N) is 2. The Morgan fingerprint density at radius 2 is 2.12 bits per heavy atom. The predicted molar refractivity (Wildman–Crippen MR) is 67.3 cm³/mol. The van der Waals surface area contributed by atoms with Crippen LogP contribution in [0.5, 0.6) is 5.88 Å². The molecule has 1 aromatic rings. The smallest absolute Gasteiger partial charge is 0.226 e. The molecular formula is C12H21N3O2. The Morgan fingerprint density at radius 3 is 2.71 bits per heavy atom. The van der Waals surface area contributed by atoms with Crippen LogP contribution in [-0.4, -0.2) is 33.8 Å². The molecule has 1 rings (SSSR count). The standard InChI is InChI=1S/C12H21N3O2/c1-5-6-17-10-7-9(2)14-11(15-10)13-8-12(3,4)16/h7,16H,5-6,8H2,1-4H3,(H,13,14,15). The van der Waals surface area contributed by atoms with Crippen LogP contribution in [0.4, 0.5) is 5.95 Å². The number of hydrogen-bond acceptors (Lipinski definition) is 5. The molecule has 0 aliphatic carbocycles. The van der Waals surface area contributed by atoms with Gasteiger partial charge < -0.3 is 15.2 Å². The molecule has 0 fully saturated rings. The Kier molecular flexibility index (Phi) is 4.69. The fraction of sp³-hybridized carbons (Fsp3) is 0.667. The van der Waals surface area contributed by atoms with Gasteiger partial charge in [-0.3, -0.25) is 0 Å². The fourth-order valence-electron chi connectivity index (χ4n) is 1.19. The van der Waals surface area contributed by atoms with Crippen LogP contribution in [0.15, 0.2) is 6.07 Å². The highest BCUT2D eigenvalue weighted by Gasteiger charge is 2.13. The third-order valence-corrected chi connectivity index (χ3v) is 1.96. The van der Waals surface area contributed by atoms with Crippen molar-refractivity contribution in [1.29, 1.82) is 0 Å². The Bertz CT molecular complexity index is 361. The molecule has 96 valence electrons. The second-order valence-electron chi connectivity index (χ2n) is 4.69. The van der Waals surface area contributed by atoms with E-state index in [4.69, 9.17) is 4.74 Å². The number of nitrogens with one attached hydrogen (secondary N) is 1. The van der Waals surface area contributed by atoms with Gasteiger partial charge in [0.05, 0.1) is 12.2 Å². The third kappa shape index (κ3) is 5.49. The predicted octanol–water partition coefficient (Wildman–Crippen LogP) is 1.76. The molecular weight excluding hydrogens is 218 g/mol. The lowest BCUT2D eigenvalue weighted by Gasteiger charge is -2.18. The zero-order valence-electron chi connectivity index (χ0n) is 10.9. The summed E-state index contributed by atoms with van der Waals surface area (Å²) in [6.45, 7) is 8.41. The zero-order valence-corrected chi connectivity index (χ0v) is 10.9. The first-order chi connectivity index (χ1) is 7.90. The minimum Gasteiger partial charge on any atom is -0.478 e. The fourth-order valence-corrected chi connectivity index (χ4v) is 1.19. The maximum atomic E-state index is 9.61. The normalized spacial score (nSPS) is 11.4. The molecule has 0 atom stereocenters. The number of aliphatic hydroxyl groups is 1. The molecule has 5 heteroatoms. The van der Waals surface area contributed by atoms with E-state index in [1.165, 1.54) is 0 Å². The molecule has 1 heterocycles. The molecule has 0 aliphatic heterocycles. The Balaban J connectivity index is 2.68. The SMILES string of the molecule is CCCOc1cc(C)nc(NCC(C)(C)O)n1. The summed E-state index contributed by atoms with van der Waals surface area (Å²) in [7, 11) is 0. The van der Waals surface area contributed by atoms with Crippen molar-refractivity contribution in [2.45, 2.75) is 39.7 Å². The van der Waals surface area contributed by atoms with E-state index < -0.39 is 5.60 Å². The molecule has 0 unspecified atom stereocenters. The maximum absolute atomic E-state index is 9.61. The molecule has 0 aliphatic rings. The van der Waals surface area contributed by atoms with Crippen LogP contribution < -0.4 is 10.1 Å². The molecule has 5 nitrogen and oxygen atoms in total. The summed E-state index contributed by atoms with van der Waals surface area (Å²) < 4.78 is 5.45. The van der Waals surface area contributed by atoms with Gasteiger partial charge in [-0.05, 0) is 27.2 Å². The van der Waals surface area contributed by atoms with Gasteiger partial charge >= 0.3 is 0 Å². The largest absolute Gasteiger partial charge is 0.478 e. The second-order valence-corrected chi connectivity index (χ2v) is 4.69. The van der Waals surface area contributed by atoms with Crippen LogP contribution in [0.1, 0.15) is 32.9 Å². The number of anilines is 1. The lowest BCUT2D eigenvalue weighted by atomic mass is 10.1. The first kappa shape index (κ1) is 13.7. The summed E-state index contributed by atoms with van der Waals surface area (Å²) in [5.41, 5.74) is 0.0433. The molecule has 0 aromatic carbocycles. The lowest BCUT2D eigenvalue weighted by molar-refractivity contribution is 0.0943. The maximum Gasteiger partial charge on any atom is 0.226 e. The van der Waals surface area contributed by atoms with Crippen LogP contribution in [0.25, 0.3) is 0 Å². The van der Waals surface area contributed by atoms with Crippen LogP contribution in [0.2, 0.25) is 0 Å². The van der Waals surface area contributed by atoms with Crippen LogP contribution in [-0.2, 0) is 0 Å². The topological polar surface area (TPSA) is 67.3 Å². The Morgan fingerprint density at radius 1 is 1.41 bits per heavy atom. The van der Waals surface area contributed by atoms with Crippen molar-refractivity contribution in [2.24, 2.45) is 0 Å². The zero-order chi connectivity index (χ0) is 12.9. The van der Waals surface area contributed by atoms with Gasteiger partial charge in [-0.2, -0.15) is 4.98 Å². The summed E-state index contributed by atoms with van der Waals surface area (Å²) in [5.74, 6) is 1.05. The van der Waals surface area contributed by atoms with E-state index in [1.54, 1.807) is 19.9 Å². The van der Waals surface area contributed by atoms with Gasteiger partial charge in [-0.25, -0.2) is 4.98 Å². The minimum atomic E-state index is -0.794. The number of ether oxygens (including phenoxy) is 1. The monoisotopic (exact) mass is 239 g/mol. The number of rotatable bonds is 6. The molecule has 2 N–H and O–H groups in total. The van der Waals surface area contributed by atoms with E-state index in [9.17, 15) is 5.11 Å². The summed E-state index contributed by atoms with van der Waals surface area (Å²) in [6.07, 6.45) is 0.940. The van der Waals surface area contributed by atoms with E-state index in [2.05, 4.69) is 15.3 Å². The molecule has 1 aromatic heterocycles. The average Bonchev–Trinajstić information content (AvgIpc) is 2.22. The highest BCUT2D eigenvalue weighted by atomic mass is 16.5. The van der Waals surface area contributed by atoms with Crippen molar-refractivity contribution in [2.75, 3.05) is 18.5 Å². The Hall–Kier alpha value is -1.36.